The highest BCUT2D eigenvalue weighted by atomic mass is 35.5. The standard InChI is InChI=1S/C23H24Cl2N4O6/c1-33-20-9-14(11-27-29-23(32)22(31)26-12-16-3-2-8-34-16)4-7-19(20)35-13-21(30)28-15-5-6-17(24)18(25)10-15/h4-7,9-11,16H,2-3,8,12-13H2,1H3,(H,26,31)(H,28,30)(H,29,32)/b27-11-/t16-/m0/s1. The Labute approximate surface area is 211 Å². The lowest BCUT2D eigenvalue weighted by molar-refractivity contribution is -0.139. The van der Waals surface area contributed by atoms with Crippen LogP contribution in [0, 0.1) is 0 Å². The molecular formula is C23H24Cl2N4O6. The lowest BCUT2D eigenvalue weighted by atomic mass is 10.2. The molecule has 2 aromatic carbocycles. The maximum atomic E-state index is 12.2. The van der Waals surface area contributed by atoms with Gasteiger partial charge in [0.1, 0.15) is 0 Å². The summed E-state index contributed by atoms with van der Waals surface area (Å²) in [6.07, 6.45) is 3.07. The van der Waals surface area contributed by atoms with Gasteiger partial charge in [0.2, 0.25) is 0 Å². The zero-order chi connectivity index (χ0) is 25.2. The van der Waals surface area contributed by atoms with Gasteiger partial charge in [-0.15, -0.1) is 0 Å². The van der Waals surface area contributed by atoms with Crippen LogP contribution >= 0.6 is 23.2 Å². The summed E-state index contributed by atoms with van der Waals surface area (Å²) in [5, 5.41) is 9.65. The Morgan fingerprint density at radius 2 is 1.94 bits per heavy atom. The first-order valence-electron chi connectivity index (χ1n) is 10.6. The number of carbonyl (C=O) groups is 3. The molecule has 0 saturated carbocycles. The normalized spacial score (nSPS) is 15.0. The van der Waals surface area contributed by atoms with Crippen molar-refractivity contribution >= 4 is 52.8 Å². The highest BCUT2D eigenvalue weighted by Gasteiger charge is 2.19. The number of hydrogen-bond donors (Lipinski definition) is 3. The fraction of sp³-hybridized carbons (Fsp3) is 0.304. The minimum Gasteiger partial charge on any atom is -0.493 e. The largest absolute Gasteiger partial charge is 0.493 e. The molecule has 1 heterocycles. The van der Waals surface area contributed by atoms with Crippen molar-refractivity contribution in [1.29, 1.82) is 0 Å². The number of nitrogens with zero attached hydrogens (tertiary/aromatic N) is 1. The van der Waals surface area contributed by atoms with Crippen LogP contribution in [-0.4, -0.2) is 56.9 Å². The Hall–Kier alpha value is -3.34. The van der Waals surface area contributed by atoms with Crippen molar-refractivity contribution in [3.05, 3.63) is 52.0 Å². The van der Waals surface area contributed by atoms with Crippen LogP contribution in [0.25, 0.3) is 0 Å². The number of hydrogen-bond acceptors (Lipinski definition) is 7. The maximum absolute atomic E-state index is 12.2. The van der Waals surface area contributed by atoms with Crippen LogP contribution in [0.3, 0.4) is 0 Å². The molecule has 0 radical (unpaired) electrons. The van der Waals surface area contributed by atoms with Crippen molar-refractivity contribution in [2.45, 2.75) is 18.9 Å². The van der Waals surface area contributed by atoms with Gasteiger partial charge in [0.05, 0.1) is 29.5 Å². The first-order valence-corrected chi connectivity index (χ1v) is 11.4. The average molecular weight is 523 g/mol. The number of benzene rings is 2. The Morgan fingerprint density at radius 3 is 2.66 bits per heavy atom. The second-order valence-electron chi connectivity index (χ2n) is 7.42. The number of methoxy groups -OCH3 is 1. The highest BCUT2D eigenvalue weighted by Crippen LogP contribution is 2.28. The second kappa shape index (κ2) is 12.9. The van der Waals surface area contributed by atoms with E-state index in [9.17, 15) is 14.4 Å². The molecule has 3 rings (SSSR count). The summed E-state index contributed by atoms with van der Waals surface area (Å²) < 4.78 is 16.2. The molecule has 0 unspecified atom stereocenters. The zero-order valence-electron chi connectivity index (χ0n) is 18.8. The summed E-state index contributed by atoms with van der Waals surface area (Å²) in [4.78, 5) is 35.9. The number of nitrogens with one attached hydrogen (secondary N) is 3. The molecule has 1 aliphatic rings. The maximum Gasteiger partial charge on any atom is 0.329 e. The summed E-state index contributed by atoms with van der Waals surface area (Å²) in [5.74, 6) is -1.42. The van der Waals surface area contributed by atoms with Gasteiger partial charge in [-0.05, 0) is 54.8 Å². The van der Waals surface area contributed by atoms with E-state index in [0.717, 1.165) is 12.8 Å². The molecule has 0 spiro atoms. The lowest BCUT2D eigenvalue weighted by Crippen LogP contribution is -2.41. The van der Waals surface area contributed by atoms with E-state index in [1.54, 1.807) is 30.3 Å². The monoisotopic (exact) mass is 522 g/mol. The van der Waals surface area contributed by atoms with Crippen LogP contribution < -0.4 is 25.5 Å². The molecule has 35 heavy (non-hydrogen) atoms. The number of anilines is 1. The Kier molecular flexibility index (Phi) is 9.71. The summed E-state index contributed by atoms with van der Waals surface area (Å²) in [6, 6.07) is 9.55. The van der Waals surface area contributed by atoms with E-state index in [1.807, 2.05) is 0 Å². The third-order valence-corrected chi connectivity index (χ3v) is 5.59. The van der Waals surface area contributed by atoms with Gasteiger partial charge in [0, 0.05) is 18.8 Å². The number of amides is 3. The minimum absolute atomic E-state index is 0.0644. The van der Waals surface area contributed by atoms with Crippen molar-refractivity contribution in [2.75, 3.05) is 32.2 Å². The summed E-state index contributed by atoms with van der Waals surface area (Å²) >= 11 is 11.8. The first kappa shape index (κ1) is 26.3. The molecule has 0 aliphatic carbocycles. The van der Waals surface area contributed by atoms with Crippen LogP contribution in [0.5, 0.6) is 11.5 Å². The van der Waals surface area contributed by atoms with Crippen molar-refractivity contribution in [3.8, 4) is 11.5 Å². The van der Waals surface area contributed by atoms with Crippen LogP contribution in [0.4, 0.5) is 5.69 Å². The number of halogens is 2. The molecule has 0 bridgehead atoms. The zero-order valence-corrected chi connectivity index (χ0v) is 20.3. The van der Waals surface area contributed by atoms with Gasteiger partial charge in [-0.1, -0.05) is 23.2 Å². The molecule has 10 nitrogen and oxygen atoms in total. The van der Waals surface area contributed by atoms with Crippen LogP contribution in [-0.2, 0) is 19.1 Å². The molecule has 12 heteroatoms. The van der Waals surface area contributed by atoms with Crippen LogP contribution in [0.1, 0.15) is 18.4 Å². The predicted molar refractivity (Wildman–Crippen MR) is 131 cm³/mol. The smallest absolute Gasteiger partial charge is 0.329 e. The Balaban J connectivity index is 1.48. The van der Waals surface area contributed by atoms with Gasteiger partial charge < -0.3 is 24.8 Å². The highest BCUT2D eigenvalue weighted by molar-refractivity contribution is 6.42. The van der Waals surface area contributed by atoms with Crippen molar-refractivity contribution in [2.24, 2.45) is 5.10 Å². The van der Waals surface area contributed by atoms with E-state index >= 15 is 0 Å². The van der Waals surface area contributed by atoms with Gasteiger partial charge >= 0.3 is 11.8 Å². The third kappa shape index (κ3) is 8.13. The molecule has 1 aliphatic heterocycles. The number of ether oxygens (including phenoxy) is 3. The van der Waals surface area contributed by atoms with E-state index in [0.29, 0.717) is 39.4 Å². The molecule has 0 aromatic heterocycles. The van der Waals surface area contributed by atoms with E-state index in [4.69, 9.17) is 37.4 Å². The van der Waals surface area contributed by atoms with Gasteiger partial charge in [0.15, 0.2) is 18.1 Å². The van der Waals surface area contributed by atoms with E-state index < -0.39 is 17.7 Å². The third-order valence-electron chi connectivity index (χ3n) is 4.85. The van der Waals surface area contributed by atoms with E-state index in [1.165, 1.54) is 19.4 Å². The lowest BCUT2D eigenvalue weighted by Gasteiger charge is -2.12. The molecule has 1 fully saturated rings. The average Bonchev–Trinajstić information content (AvgIpc) is 3.37. The topological polar surface area (TPSA) is 127 Å². The Morgan fingerprint density at radius 1 is 1.11 bits per heavy atom. The number of carbonyl (C=O) groups excluding carboxylic acids is 3. The van der Waals surface area contributed by atoms with Gasteiger partial charge in [-0.2, -0.15) is 5.10 Å². The molecule has 3 amide bonds. The van der Waals surface area contributed by atoms with E-state index in [-0.39, 0.29) is 19.3 Å². The SMILES string of the molecule is COc1cc(/C=N\NC(=O)C(=O)NC[C@@H]2CCCO2)ccc1OCC(=O)Nc1ccc(Cl)c(Cl)c1. The van der Waals surface area contributed by atoms with Gasteiger partial charge in [-0.25, -0.2) is 5.43 Å². The number of rotatable bonds is 9. The molecule has 2 aromatic rings. The predicted octanol–water partition coefficient (Wildman–Crippen LogP) is 2.76. The minimum atomic E-state index is -0.890. The van der Waals surface area contributed by atoms with Crippen LogP contribution in [0.15, 0.2) is 41.5 Å². The summed E-state index contributed by atoms with van der Waals surface area (Å²) in [5.41, 5.74) is 3.21. The van der Waals surface area contributed by atoms with Crippen molar-refractivity contribution in [3.63, 3.8) is 0 Å². The number of hydrazone groups is 1. The van der Waals surface area contributed by atoms with Crippen molar-refractivity contribution in [1.82, 2.24) is 10.7 Å². The molecule has 186 valence electrons. The van der Waals surface area contributed by atoms with E-state index in [2.05, 4.69) is 21.2 Å². The van der Waals surface area contributed by atoms with Crippen LogP contribution in [0.2, 0.25) is 10.0 Å². The van der Waals surface area contributed by atoms with Gasteiger partial charge in [0.25, 0.3) is 5.91 Å². The molecule has 1 saturated heterocycles. The fourth-order valence-corrected chi connectivity index (χ4v) is 3.40. The summed E-state index contributed by atoms with van der Waals surface area (Å²) in [6.45, 7) is 0.664. The second-order valence-corrected chi connectivity index (χ2v) is 8.23. The Bertz CT molecular complexity index is 1110. The first-order chi connectivity index (χ1) is 16.9. The quantitative estimate of drug-likeness (QED) is 0.264. The molecule has 3 N–H and O–H groups in total. The fourth-order valence-electron chi connectivity index (χ4n) is 3.11. The molecular weight excluding hydrogens is 499 g/mol. The van der Waals surface area contributed by atoms with Crippen molar-refractivity contribution < 1.29 is 28.6 Å². The molecule has 1 atom stereocenters. The van der Waals surface area contributed by atoms with Gasteiger partial charge in [-0.3, -0.25) is 14.4 Å². The summed E-state index contributed by atoms with van der Waals surface area (Å²) in [7, 11) is 1.44.